The number of fused-ring (bicyclic) bond motifs is 5. The van der Waals surface area contributed by atoms with Gasteiger partial charge in [0.05, 0.1) is 26.1 Å². The molecule has 0 fully saturated rings. The molecule has 4 heterocycles. The predicted molar refractivity (Wildman–Crippen MR) is 204 cm³/mol. The Morgan fingerprint density at radius 3 is 2.29 bits per heavy atom. The van der Waals surface area contributed by atoms with E-state index in [0.717, 1.165) is 30.2 Å². The zero-order chi connectivity index (χ0) is 34.5. The van der Waals surface area contributed by atoms with Crippen molar-refractivity contribution in [2.24, 2.45) is 0 Å². The van der Waals surface area contributed by atoms with Crippen LogP contribution in [0.2, 0.25) is 0 Å². The highest BCUT2D eigenvalue weighted by Crippen LogP contribution is 2.52. The Kier molecular flexibility index (Phi) is 9.07. The first-order chi connectivity index (χ1) is 23.7. The van der Waals surface area contributed by atoms with Gasteiger partial charge < -0.3 is 0 Å². The molecule has 4 heteroatoms. The van der Waals surface area contributed by atoms with Crippen molar-refractivity contribution < 1.29 is 13.6 Å². The van der Waals surface area contributed by atoms with Gasteiger partial charge in [-0.25, -0.2) is 9.05 Å². The van der Waals surface area contributed by atoms with Crippen LogP contribution in [0, 0.1) is 0 Å². The van der Waals surface area contributed by atoms with Gasteiger partial charge >= 0.3 is 5.84 Å². The van der Waals surface area contributed by atoms with Gasteiger partial charge in [-0.05, 0) is 55.1 Å². The Balaban J connectivity index is 1.45. The maximum atomic E-state index is 2.72. The number of rotatable bonds is 10. The second kappa shape index (κ2) is 13.2. The summed E-state index contributed by atoms with van der Waals surface area (Å²) in [5.74, 6) is 4.54. The number of hydrogen-bond acceptors (Lipinski definition) is 0. The molecule has 4 nitrogen and oxygen atoms in total. The van der Waals surface area contributed by atoms with Gasteiger partial charge in [0.25, 0.3) is 5.82 Å². The van der Waals surface area contributed by atoms with Gasteiger partial charge in [0.15, 0.2) is 6.20 Å². The largest absolute Gasteiger partial charge is 0.354 e. The van der Waals surface area contributed by atoms with Crippen molar-refractivity contribution in [3.63, 3.8) is 0 Å². The van der Waals surface area contributed by atoms with Gasteiger partial charge in [0, 0.05) is 28.7 Å². The van der Waals surface area contributed by atoms with E-state index >= 15 is 0 Å². The van der Waals surface area contributed by atoms with Crippen LogP contribution in [-0.2, 0) is 5.54 Å². The standard InChI is InChI=1S/C45H59N4/c1-9-12-13-19-33(6)35-24-18-23-34(32(4)5)43(35)47-26-27-48-44(47)38-22-15-14-20-36(38)40(31-45(48,10-2)11-3)39-30-42-46(28-29-49(42,7)8)41-25-17-16-21-37(39)41/h14-18,20-29,32-33,39-40H,9-13,19,30-31H2,1-8H3/q+3. The topological polar surface area (TPSA) is 11.8 Å². The van der Waals surface area contributed by atoms with Crippen molar-refractivity contribution in [1.29, 1.82) is 0 Å². The molecule has 0 spiro atoms. The molecule has 0 saturated heterocycles. The normalized spacial score (nSPS) is 20.8. The fourth-order valence-corrected chi connectivity index (χ4v) is 9.59. The molecule has 7 rings (SSSR count). The van der Waals surface area contributed by atoms with E-state index in [4.69, 9.17) is 0 Å². The van der Waals surface area contributed by atoms with Crippen LogP contribution >= 0.6 is 0 Å². The lowest BCUT2D eigenvalue weighted by Gasteiger charge is -2.36. The van der Waals surface area contributed by atoms with Gasteiger partial charge in [-0.15, -0.1) is 4.58 Å². The molecule has 3 aliphatic heterocycles. The van der Waals surface area contributed by atoms with Gasteiger partial charge in [0.2, 0.25) is 11.9 Å². The van der Waals surface area contributed by atoms with Crippen LogP contribution in [0.5, 0.6) is 0 Å². The van der Waals surface area contributed by atoms with E-state index < -0.39 is 0 Å². The van der Waals surface area contributed by atoms with E-state index in [0.29, 0.717) is 23.7 Å². The molecule has 3 aromatic carbocycles. The minimum absolute atomic E-state index is 0.000997. The van der Waals surface area contributed by atoms with Crippen molar-refractivity contribution in [3.05, 3.63) is 114 Å². The Bertz CT molecular complexity index is 1900. The van der Waals surface area contributed by atoms with Crippen LogP contribution in [0.15, 0.2) is 91.5 Å². The third kappa shape index (κ3) is 5.55. The molecule has 3 unspecified atom stereocenters. The zero-order valence-corrected chi connectivity index (χ0v) is 31.4. The van der Waals surface area contributed by atoms with Crippen LogP contribution in [0.4, 0.5) is 5.69 Å². The third-order valence-electron chi connectivity index (χ3n) is 12.6. The highest BCUT2D eigenvalue weighted by atomic mass is 15.4. The highest BCUT2D eigenvalue weighted by Gasteiger charge is 2.52. The van der Waals surface area contributed by atoms with Crippen LogP contribution in [-0.4, -0.2) is 33.6 Å². The van der Waals surface area contributed by atoms with E-state index in [2.05, 4.69) is 161 Å². The molecule has 4 aromatic rings. The van der Waals surface area contributed by atoms with Crippen molar-refractivity contribution >= 4 is 11.5 Å². The summed E-state index contributed by atoms with van der Waals surface area (Å²) >= 11 is 0. The zero-order valence-electron chi connectivity index (χ0n) is 31.4. The number of amidine groups is 1. The Labute approximate surface area is 296 Å². The molecule has 0 amide bonds. The van der Waals surface area contributed by atoms with Crippen molar-refractivity contribution in [1.82, 2.24) is 4.57 Å². The SMILES string of the molecule is CCCCCC(C)c1cccc(C(C)C)c1-n1cc[n+]2c1-c1ccccc1C(C1CC3=[N+](C=C[N+]3(C)C)c3ccccc31)CC2(CC)CC. The monoisotopic (exact) mass is 655 g/mol. The van der Waals surface area contributed by atoms with E-state index in [9.17, 15) is 0 Å². The lowest BCUT2D eigenvalue weighted by Crippen LogP contribution is -2.56. The molecule has 3 atom stereocenters. The number of para-hydroxylation sites is 2. The molecule has 1 aromatic heterocycles. The number of imidazole rings is 1. The second-order valence-electron chi connectivity index (χ2n) is 16.0. The molecule has 0 radical (unpaired) electrons. The molecule has 0 bridgehead atoms. The summed E-state index contributed by atoms with van der Waals surface area (Å²) in [7, 11) is 4.67. The fourth-order valence-electron chi connectivity index (χ4n) is 9.59. The summed E-state index contributed by atoms with van der Waals surface area (Å²) < 4.78 is 8.64. The van der Waals surface area contributed by atoms with E-state index in [1.807, 2.05) is 0 Å². The molecule has 0 N–H and O–H groups in total. The van der Waals surface area contributed by atoms with Crippen molar-refractivity contribution in [2.45, 2.75) is 122 Å². The van der Waals surface area contributed by atoms with Gasteiger partial charge in [-0.1, -0.05) is 115 Å². The van der Waals surface area contributed by atoms with Crippen LogP contribution in [0.3, 0.4) is 0 Å². The number of hydrogen-bond donors (Lipinski definition) is 0. The summed E-state index contributed by atoms with van der Waals surface area (Å²) in [5.41, 5.74) is 10.1. The number of benzene rings is 3. The summed E-state index contributed by atoms with van der Waals surface area (Å²) in [4.78, 5) is 0. The first-order valence-corrected chi connectivity index (χ1v) is 19.3. The summed E-state index contributed by atoms with van der Waals surface area (Å²) in [6, 6.07) is 25.8. The van der Waals surface area contributed by atoms with E-state index in [1.54, 1.807) is 0 Å². The summed E-state index contributed by atoms with van der Waals surface area (Å²) in [5, 5.41) is 0. The average Bonchev–Trinajstić information content (AvgIpc) is 3.66. The molecule has 0 saturated carbocycles. The quantitative estimate of drug-likeness (QED) is 0.0915. The predicted octanol–water partition coefficient (Wildman–Crippen LogP) is 11.0. The van der Waals surface area contributed by atoms with E-state index in [-0.39, 0.29) is 5.54 Å². The number of nitrogens with zero attached hydrogens (tertiary/aromatic N) is 4. The molecule has 0 aliphatic carbocycles. The molecular weight excluding hydrogens is 597 g/mol. The van der Waals surface area contributed by atoms with Crippen LogP contribution in [0.1, 0.15) is 139 Å². The Morgan fingerprint density at radius 2 is 1.55 bits per heavy atom. The van der Waals surface area contributed by atoms with Gasteiger partial charge in [0.1, 0.15) is 23.6 Å². The number of aromatic nitrogens is 2. The molecule has 256 valence electrons. The number of quaternary nitrogens is 1. The maximum Gasteiger partial charge on any atom is 0.354 e. The van der Waals surface area contributed by atoms with Crippen molar-refractivity contribution in [2.75, 3.05) is 14.1 Å². The lowest BCUT2D eigenvalue weighted by molar-refractivity contribution is -0.757. The summed E-state index contributed by atoms with van der Waals surface area (Å²) in [6.07, 6.45) is 18.9. The first-order valence-electron chi connectivity index (χ1n) is 19.3. The third-order valence-corrected chi connectivity index (χ3v) is 12.6. The minimum Gasteiger partial charge on any atom is -0.224 e. The molecule has 3 aliphatic rings. The lowest BCUT2D eigenvalue weighted by atomic mass is 9.70. The Morgan fingerprint density at radius 1 is 0.837 bits per heavy atom. The van der Waals surface area contributed by atoms with E-state index in [1.165, 1.54) is 76.5 Å². The highest BCUT2D eigenvalue weighted by molar-refractivity contribution is 5.78. The van der Waals surface area contributed by atoms with Gasteiger partial charge in [-0.3, -0.25) is 0 Å². The first kappa shape index (κ1) is 33.7. The van der Waals surface area contributed by atoms with Crippen LogP contribution < -0.4 is 4.57 Å². The van der Waals surface area contributed by atoms with Crippen molar-refractivity contribution in [3.8, 4) is 17.1 Å². The summed E-state index contributed by atoms with van der Waals surface area (Å²) in [6.45, 7) is 14.4. The average molecular weight is 656 g/mol. The minimum atomic E-state index is -0.000997. The fraction of sp³-hybridized carbons (Fsp3) is 0.467. The molecular formula is C45H59N4+3. The second-order valence-corrected chi connectivity index (χ2v) is 16.0. The van der Waals surface area contributed by atoms with Gasteiger partial charge in [-0.2, -0.15) is 4.57 Å². The number of unbranched alkanes of at least 4 members (excludes halogenated alkanes) is 2. The maximum absolute atomic E-state index is 2.72. The van der Waals surface area contributed by atoms with Crippen LogP contribution in [0.25, 0.3) is 17.1 Å². The smallest absolute Gasteiger partial charge is 0.224 e. The Hall–Kier alpha value is -3.76. The molecule has 49 heavy (non-hydrogen) atoms.